The SMILES string of the molecule is NNNC(=S)c1ccccc1. The Hall–Kier alpha value is -0.970. The van der Waals surface area contributed by atoms with Crippen molar-refractivity contribution in [3.63, 3.8) is 0 Å². The van der Waals surface area contributed by atoms with Gasteiger partial charge in [-0.15, -0.1) is 0 Å². The van der Waals surface area contributed by atoms with Crippen molar-refractivity contribution in [3.05, 3.63) is 35.9 Å². The van der Waals surface area contributed by atoms with E-state index in [0.717, 1.165) is 5.56 Å². The molecule has 0 spiro atoms. The molecule has 0 atom stereocenters. The summed E-state index contributed by atoms with van der Waals surface area (Å²) in [5, 5.41) is 0. The molecule has 0 aromatic heterocycles. The van der Waals surface area contributed by atoms with Gasteiger partial charge in [-0.25, -0.2) is 0 Å². The van der Waals surface area contributed by atoms with Gasteiger partial charge in [0.25, 0.3) is 0 Å². The molecule has 0 aliphatic carbocycles. The third-order valence-electron chi connectivity index (χ3n) is 1.22. The molecule has 0 aliphatic heterocycles. The first-order chi connectivity index (χ1) is 5.34. The number of nitrogens with two attached hydrogens (primary N) is 1. The van der Waals surface area contributed by atoms with Crippen molar-refractivity contribution in [2.24, 2.45) is 5.84 Å². The van der Waals surface area contributed by atoms with Crippen LogP contribution in [0.25, 0.3) is 0 Å². The van der Waals surface area contributed by atoms with E-state index in [1.54, 1.807) is 0 Å². The maximum Gasteiger partial charge on any atom is 0.121 e. The van der Waals surface area contributed by atoms with Gasteiger partial charge in [-0.3, -0.25) is 11.3 Å². The highest BCUT2D eigenvalue weighted by Gasteiger charge is 1.95. The van der Waals surface area contributed by atoms with Crippen LogP contribution >= 0.6 is 12.2 Å². The van der Waals surface area contributed by atoms with Crippen LogP contribution in [0.5, 0.6) is 0 Å². The Morgan fingerprint density at radius 3 is 2.45 bits per heavy atom. The molecule has 1 aromatic carbocycles. The Morgan fingerprint density at radius 2 is 1.91 bits per heavy atom. The lowest BCUT2D eigenvalue weighted by Gasteiger charge is -2.04. The third kappa shape index (κ3) is 2.27. The zero-order valence-corrected chi connectivity index (χ0v) is 6.69. The molecule has 0 fully saturated rings. The molecule has 58 valence electrons. The minimum absolute atomic E-state index is 0.591. The number of hydrazine groups is 2. The van der Waals surface area contributed by atoms with Crippen LogP contribution in [-0.4, -0.2) is 4.99 Å². The van der Waals surface area contributed by atoms with Crippen LogP contribution in [0.3, 0.4) is 0 Å². The Balaban J connectivity index is 2.69. The summed E-state index contributed by atoms with van der Waals surface area (Å²) in [4.78, 5) is 0.591. The zero-order valence-electron chi connectivity index (χ0n) is 5.87. The molecule has 0 bridgehead atoms. The maximum absolute atomic E-state index is 5.02. The quantitative estimate of drug-likeness (QED) is 0.337. The van der Waals surface area contributed by atoms with E-state index in [0.29, 0.717) is 4.99 Å². The summed E-state index contributed by atoms with van der Waals surface area (Å²) in [7, 11) is 0. The lowest BCUT2D eigenvalue weighted by atomic mass is 10.2. The van der Waals surface area contributed by atoms with Crippen LogP contribution < -0.4 is 16.8 Å². The second-order valence-electron chi connectivity index (χ2n) is 1.96. The molecular formula is C7H9N3S. The highest BCUT2D eigenvalue weighted by Crippen LogP contribution is 1.97. The highest BCUT2D eigenvalue weighted by atomic mass is 32.1. The normalized spacial score (nSPS) is 9.18. The van der Waals surface area contributed by atoms with Crippen LogP contribution in [0.4, 0.5) is 0 Å². The van der Waals surface area contributed by atoms with Gasteiger partial charge in [0.2, 0.25) is 0 Å². The van der Waals surface area contributed by atoms with Gasteiger partial charge < -0.3 is 0 Å². The lowest BCUT2D eigenvalue weighted by Crippen LogP contribution is -2.41. The molecule has 0 saturated heterocycles. The number of rotatable bonds is 2. The van der Waals surface area contributed by atoms with Gasteiger partial charge in [-0.1, -0.05) is 42.5 Å². The number of hydrogen-bond donors (Lipinski definition) is 3. The first-order valence-corrected chi connectivity index (χ1v) is 3.56. The van der Waals surface area contributed by atoms with E-state index in [1.807, 2.05) is 30.3 Å². The molecule has 3 nitrogen and oxygen atoms in total. The Morgan fingerprint density at radius 1 is 1.27 bits per heavy atom. The number of hydrogen-bond acceptors (Lipinski definition) is 3. The third-order valence-corrected chi connectivity index (χ3v) is 1.56. The van der Waals surface area contributed by atoms with E-state index in [-0.39, 0.29) is 0 Å². The molecule has 1 rings (SSSR count). The highest BCUT2D eigenvalue weighted by molar-refractivity contribution is 7.80. The zero-order chi connectivity index (χ0) is 8.10. The molecule has 0 aliphatic rings. The molecule has 0 heterocycles. The second kappa shape index (κ2) is 4.02. The second-order valence-corrected chi connectivity index (χ2v) is 2.37. The van der Waals surface area contributed by atoms with Gasteiger partial charge in [0.1, 0.15) is 4.99 Å². The predicted molar refractivity (Wildman–Crippen MR) is 48.6 cm³/mol. The largest absolute Gasteiger partial charge is 0.298 e. The van der Waals surface area contributed by atoms with Crippen LogP contribution in [0, 0.1) is 0 Å². The Bertz CT molecular complexity index is 235. The van der Waals surface area contributed by atoms with Crippen LogP contribution in [-0.2, 0) is 0 Å². The van der Waals surface area contributed by atoms with Gasteiger partial charge in [0.05, 0.1) is 0 Å². The van der Waals surface area contributed by atoms with Crippen molar-refractivity contribution in [1.82, 2.24) is 11.0 Å². The van der Waals surface area contributed by atoms with E-state index in [4.69, 9.17) is 18.1 Å². The minimum Gasteiger partial charge on any atom is -0.298 e. The van der Waals surface area contributed by atoms with E-state index in [9.17, 15) is 0 Å². The van der Waals surface area contributed by atoms with E-state index in [2.05, 4.69) is 11.0 Å². The summed E-state index contributed by atoms with van der Waals surface area (Å²) < 4.78 is 0. The van der Waals surface area contributed by atoms with Crippen molar-refractivity contribution >= 4 is 17.2 Å². The van der Waals surface area contributed by atoms with Crippen molar-refractivity contribution in [2.75, 3.05) is 0 Å². The first-order valence-electron chi connectivity index (χ1n) is 3.15. The fraction of sp³-hybridized carbons (Fsp3) is 0. The molecule has 0 radical (unpaired) electrons. The molecular weight excluding hydrogens is 158 g/mol. The van der Waals surface area contributed by atoms with Crippen molar-refractivity contribution in [2.45, 2.75) is 0 Å². The summed E-state index contributed by atoms with van der Waals surface area (Å²) in [5.41, 5.74) is 5.84. The monoisotopic (exact) mass is 167 g/mol. The maximum atomic E-state index is 5.02. The standard InChI is InChI=1S/C7H9N3S/c8-10-9-7(11)6-4-2-1-3-5-6/h1-5,10H,8H2,(H,9,11). The van der Waals surface area contributed by atoms with Gasteiger partial charge in [0, 0.05) is 5.56 Å². The van der Waals surface area contributed by atoms with Gasteiger partial charge >= 0.3 is 0 Å². The molecule has 11 heavy (non-hydrogen) atoms. The summed E-state index contributed by atoms with van der Waals surface area (Å²) in [6.07, 6.45) is 0. The predicted octanol–water partition coefficient (Wildman–Crippen LogP) is 0.330. The van der Waals surface area contributed by atoms with Crippen LogP contribution in [0.1, 0.15) is 5.56 Å². The topological polar surface area (TPSA) is 50.1 Å². The molecule has 1 aromatic rings. The summed E-state index contributed by atoms with van der Waals surface area (Å²) in [6.45, 7) is 0. The van der Waals surface area contributed by atoms with Crippen LogP contribution in [0.15, 0.2) is 30.3 Å². The molecule has 4 N–H and O–H groups in total. The number of thiocarbonyl (C=S) groups is 1. The van der Waals surface area contributed by atoms with Crippen molar-refractivity contribution in [1.29, 1.82) is 0 Å². The van der Waals surface area contributed by atoms with E-state index >= 15 is 0 Å². The smallest absolute Gasteiger partial charge is 0.121 e. The fourth-order valence-electron chi connectivity index (χ4n) is 0.727. The van der Waals surface area contributed by atoms with Crippen LogP contribution in [0.2, 0.25) is 0 Å². The fourth-order valence-corrected chi connectivity index (χ4v) is 0.922. The van der Waals surface area contributed by atoms with Gasteiger partial charge in [0.15, 0.2) is 0 Å². The average Bonchev–Trinajstić information content (AvgIpc) is 2.07. The van der Waals surface area contributed by atoms with Gasteiger partial charge in [-0.05, 0) is 0 Å². The van der Waals surface area contributed by atoms with Crippen molar-refractivity contribution in [3.8, 4) is 0 Å². The summed E-state index contributed by atoms with van der Waals surface area (Å²) >= 11 is 4.97. The molecule has 4 heteroatoms. The lowest BCUT2D eigenvalue weighted by molar-refractivity contribution is 0.703. The summed E-state index contributed by atoms with van der Waals surface area (Å²) in [5.74, 6) is 5.02. The Kier molecular flexibility index (Phi) is 2.97. The number of benzene rings is 1. The first kappa shape index (κ1) is 8.13. The minimum atomic E-state index is 0.591. The van der Waals surface area contributed by atoms with E-state index in [1.165, 1.54) is 0 Å². The number of nitrogens with one attached hydrogen (secondary N) is 2. The van der Waals surface area contributed by atoms with Gasteiger partial charge in [-0.2, -0.15) is 5.53 Å². The molecule has 0 amide bonds. The average molecular weight is 167 g/mol. The van der Waals surface area contributed by atoms with E-state index < -0.39 is 0 Å². The Labute approximate surface area is 70.5 Å². The van der Waals surface area contributed by atoms with Crippen molar-refractivity contribution < 1.29 is 0 Å². The molecule has 0 unspecified atom stereocenters. The molecule has 0 saturated carbocycles. The summed E-state index contributed by atoms with van der Waals surface area (Å²) in [6, 6.07) is 9.58.